The molecule has 3 aromatic rings. The van der Waals surface area contributed by atoms with Gasteiger partial charge in [-0.25, -0.2) is 9.97 Å². The number of amides is 1. The molecule has 0 saturated carbocycles. The molecule has 27 heavy (non-hydrogen) atoms. The van der Waals surface area contributed by atoms with Crippen molar-refractivity contribution in [2.75, 3.05) is 5.32 Å². The molecule has 0 aliphatic carbocycles. The van der Waals surface area contributed by atoms with Gasteiger partial charge in [-0.2, -0.15) is 0 Å². The summed E-state index contributed by atoms with van der Waals surface area (Å²) in [6.07, 6.45) is 1.45. The lowest BCUT2D eigenvalue weighted by atomic mass is 10.2. The van der Waals surface area contributed by atoms with Crippen LogP contribution in [0, 0.1) is 0 Å². The first kappa shape index (κ1) is 19.2. The molecule has 0 unspecified atom stereocenters. The van der Waals surface area contributed by atoms with Crippen molar-refractivity contribution in [3.05, 3.63) is 50.4 Å². The van der Waals surface area contributed by atoms with Gasteiger partial charge in [0, 0.05) is 23.3 Å². The van der Waals surface area contributed by atoms with Crippen molar-refractivity contribution in [2.45, 2.75) is 26.5 Å². The molecular weight excluding hydrogens is 436 g/mol. The predicted octanol–water partition coefficient (Wildman–Crippen LogP) is 2.71. The SMILES string of the molecule is CC(=O)Nc1nc(COC(=O)CCn2cnc3ccc(Br)cc3c2=O)cs1. The van der Waals surface area contributed by atoms with Crippen LogP contribution in [0.1, 0.15) is 19.0 Å². The number of rotatable bonds is 6. The second-order valence-electron chi connectivity index (χ2n) is 5.64. The Morgan fingerprint density at radius 1 is 1.37 bits per heavy atom. The van der Waals surface area contributed by atoms with Gasteiger partial charge in [0.15, 0.2) is 5.13 Å². The van der Waals surface area contributed by atoms with Crippen LogP contribution in [0.4, 0.5) is 5.13 Å². The Morgan fingerprint density at radius 3 is 2.96 bits per heavy atom. The van der Waals surface area contributed by atoms with Crippen LogP contribution >= 0.6 is 27.3 Å². The Hall–Kier alpha value is -2.59. The van der Waals surface area contributed by atoms with Crippen molar-refractivity contribution in [1.29, 1.82) is 0 Å². The number of aryl methyl sites for hydroxylation is 1. The van der Waals surface area contributed by atoms with Crippen LogP contribution in [0.2, 0.25) is 0 Å². The van der Waals surface area contributed by atoms with Crippen molar-refractivity contribution in [1.82, 2.24) is 14.5 Å². The molecule has 0 aliphatic heterocycles. The van der Waals surface area contributed by atoms with E-state index in [0.29, 0.717) is 21.7 Å². The molecule has 0 aliphatic rings. The van der Waals surface area contributed by atoms with Gasteiger partial charge < -0.3 is 10.1 Å². The minimum absolute atomic E-state index is 0.00668. The molecule has 140 valence electrons. The van der Waals surface area contributed by atoms with Crippen LogP contribution < -0.4 is 10.9 Å². The number of thiazole rings is 1. The first-order chi connectivity index (χ1) is 12.9. The van der Waals surface area contributed by atoms with Gasteiger partial charge >= 0.3 is 5.97 Å². The fourth-order valence-corrected chi connectivity index (χ4v) is 3.41. The third-order valence-electron chi connectivity index (χ3n) is 3.56. The average molecular weight is 451 g/mol. The number of fused-ring (bicyclic) bond motifs is 1. The van der Waals surface area contributed by atoms with E-state index in [0.717, 1.165) is 4.47 Å². The smallest absolute Gasteiger partial charge is 0.307 e. The molecule has 1 amide bonds. The summed E-state index contributed by atoms with van der Waals surface area (Å²) in [6.45, 7) is 1.57. The summed E-state index contributed by atoms with van der Waals surface area (Å²) < 4.78 is 7.33. The maximum Gasteiger partial charge on any atom is 0.307 e. The summed E-state index contributed by atoms with van der Waals surface area (Å²) in [7, 11) is 0. The fourth-order valence-electron chi connectivity index (χ4n) is 2.31. The molecule has 0 spiro atoms. The van der Waals surface area contributed by atoms with Gasteiger partial charge in [-0.05, 0) is 18.2 Å². The zero-order valence-electron chi connectivity index (χ0n) is 14.3. The van der Waals surface area contributed by atoms with Gasteiger partial charge in [0.2, 0.25) is 5.91 Å². The van der Waals surface area contributed by atoms with Crippen LogP contribution in [0.25, 0.3) is 10.9 Å². The summed E-state index contributed by atoms with van der Waals surface area (Å²) in [6, 6.07) is 5.27. The highest BCUT2D eigenvalue weighted by Gasteiger charge is 2.10. The molecule has 1 aromatic carbocycles. The molecule has 2 aromatic heterocycles. The minimum atomic E-state index is -0.453. The van der Waals surface area contributed by atoms with Gasteiger partial charge in [-0.15, -0.1) is 11.3 Å². The highest BCUT2D eigenvalue weighted by atomic mass is 79.9. The molecule has 0 bridgehead atoms. The first-order valence-electron chi connectivity index (χ1n) is 7.94. The Labute approximate surface area is 166 Å². The molecule has 0 atom stereocenters. The number of halogens is 1. The molecule has 8 nitrogen and oxygen atoms in total. The summed E-state index contributed by atoms with van der Waals surface area (Å²) in [4.78, 5) is 43.7. The van der Waals surface area contributed by atoms with E-state index in [1.54, 1.807) is 17.5 Å². The molecule has 2 heterocycles. The van der Waals surface area contributed by atoms with E-state index < -0.39 is 5.97 Å². The molecule has 1 N–H and O–H groups in total. The molecular formula is C17H15BrN4O4S. The van der Waals surface area contributed by atoms with Crippen molar-refractivity contribution in [3.8, 4) is 0 Å². The number of esters is 1. The molecule has 0 saturated heterocycles. The number of carbonyl (C=O) groups is 2. The van der Waals surface area contributed by atoms with Crippen molar-refractivity contribution in [3.63, 3.8) is 0 Å². The average Bonchev–Trinajstić information content (AvgIpc) is 3.06. The highest BCUT2D eigenvalue weighted by Crippen LogP contribution is 2.16. The third kappa shape index (κ3) is 4.98. The maximum atomic E-state index is 12.5. The molecule has 0 radical (unpaired) electrons. The van der Waals surface area contributed by atoms with E-state index in [2.05, 4.69) is 31.2 Å². The van der Waals surface area contributed by atoms with Crippen LogP contribution in [-0.2, 0) is 27.5 Å². The maximum absolute atomic E-state index is 12.5. The highest BCUT2D eigenvalue weighted by molar-refractivity contribution is 9.10. The summed E-state index contributed by atoms with van der Waals surface area (Å²) in [5.41, 5.74) is 0.931. The number of benzene rings is 1. The van der Waals surface area contributed by atoms with Gasteiger partial charge in [0.1, 0.15) is 6.61 Å². The number of ether oxygens (including phenoxy) is 1. The zero-order chi connectivity index (χ0) is 19.4. The van der Waals surface area contributed by atoms with E-state index in [1.165, 1.54) is 29.2 Å². The molecule has 10 heteroatoms. The monoisotopic (exact) mass is 450 g/mol. The number of carbonyl (C=O) groups excluding carboxylic acids is 2. The summed E-state index contributed by atoms with van der Waals surface area (Å²) in [5, 5.41) is 5.20. The van der Waals surface area contributed by atoms with E-state index in [-0.39, 0.29) is 31.0 Å². The normalized spacial score (nSPS) is 10.7. The Balaban J connectivity index is 1.57. The van der Waals surface area contributed by atoms with Crippen molar-refractivity contribution in [2.24, 2.45) is 0 Å². The van der Waals surface area contributed by atoms with Crippen molar-refractivity contribution < 1.29 is 14.3 Å². The molecule has 0 fully saturated rings. The molecule has 3 rings (SSSR count). The van der Waals surface area contributed by atoms with Gasteiger partial charge in [0.25, 0.3) is 5.56 Å². The number of nitrogens with zero attached hydrogens (tertiary/aromatic N) is 3. The zero-order valence-corrected chi connectivity index (χ0v) is 16.7. The lowest BCUT2D eigenvalue weighted by Gasteiger charge is -2.07. The van der Waals surface area contributed by atoms with Crippen LogP contribution in [-0.4, -0.2) is 26.4 Å². The van der Waals surface area contributed by atoms with Gasteiger partial charge in [-0.1, -0.05) is 15.9 Å². The second kappa shape index (κ2) is 8.40. The van der Waals surface area contributed by atoms with Crippen LogP contribution in [0.5, 0.6) is 0 Å². The second-order valence-corrected chi connectivity index (χ2v) is 7.41. The number of hydrogen-bond acceptors (Lipinski definition) is 7. The lowest BCUT2D eigenvalue weighted by molar-refractivity contribution is -0.145. The van der Waals surface area contributed by atoms with E-state index in [1.807, 2.05) is 6.07 Å². The number of hydrogen-bond donors (Lipinski definition) is 1. The number of aromatic nitrogens is 3. The predicted molar refractivity (Wildman–Crippen MR) is 105 cm³/mol. The standard InChI is InChI=1S/C17H15BrN4O4S/c1-10(23)20-17-21-12(8-27-17)7-26-15(24)4-5-22-9-19-14-3-2-11(18)6-13(14)16(22)25/h2-3,6,8-9H,4-5,7H2,1H3,(H,20,21,23). The Bertz CT molecular complexity index is 1060. The van der Waals surface area contributed by atoms with Gasteiger partial charge in [-0.3, -0.25) is 19.0 Å². The third-order valence-corrected chi connectivity index (χ3v) is 4.86. The van der Waals surface area contributed by atoms with E-state index >= 15 is 0 Å². The minimum Gasteiger partial charge on any atom is -0.459 e. The Morgan fingerprint density at radius 2 is 2.19 bits per heavy atom. The van der Waals surface area contributed by atoms with E-state index in [4.69, 9.17) is 4.74 Å². The largest absolute Gasteiger partial charge is 0.459 e. The quantitative estimate of drug-likeness (QED) is 0.579. The van der Waals surface area contributed by atoms with Crippen LogP contribution in [0.15, 0.2) is 39.2 Å². The fraction of sp³-hybridized carbons (Fsp3) is 0.235. The summed E-state index contributed by atoms with van der Waals surface area (Å²) >= 11 is 4.58. The number of anilines is 1. The number of nitrogens with one attached hydrogen (secondary N) is 1. The Kier molecular flexibility index (Phi) is 5.97. The topological polar surface area (TPSA) is 103 Å². The summed E-state index contributed by atoms with van der Waals surface area (Å²) in [5.74, 6) is -0.667. The van der Waals surface area contributed by atoms with Crippen LogP contribution in [0.3, 0.4) is 0 Å². The lowest BCUT2D eigenvalue weighted by Crippen LogP contribution is -2.22. The first-order valence-corrected chi connectivity index (χ1v) is 9.62. The van der Waals surface area contributed by atoms with Crippen molar-refractivity contribution >= 4 is 55.2 Å². The van der Waals surface area contributed by atoms with Gasteiger partial charge in [0.05, 0.1) is 29.3 Å². The van der Waals surface area contributed by atoms with E-state index in [9.17, 15) is 14.4 Å².